The molecule has 12 nitrogen and oxygen atoms in total. The van der Waals surface area contributed by atoms with Crippen molar-refractivity contribution in [2.75, 3.05) is 0 Å². The number of carbonyl (C=O) groups is 6. The number of carboxylic acid groups (broad SMARTS) is 6. The predicted octanol–water partition coefficient (Wildman–Crippen LogP) is 3.32. The second-order valence-electron chi connectivity index (χ2n) is 7.04. The predicted molar refractivity (Wildman–Crippen MR) is 115 cm³/mol. The molecule has 0 radical (unpaired) electrons. The highest BCUT2D eigenvalue weighted by Gasteiger charge is 2.00. The van der Waals surface area contributed by atoms with Crippen molar-refractivity contribution < 1.29 is 59.4 Å². The number of hydrogen-bond acceptors (Lipinski definition) is 6. The van der Waals surface area contributed by atoms with Gasteiger partial charge in [-0.2, -0.15) is 0 Å². The van der Waals surface area contributed by atoms with Crippen molar-refractivity contribution in [1.29, 1.82) is 0 Å². The summed E-state index contributed by atoms with van der Waals surface area (Å²) < 4.78 is 0. The lowest BCUT2D eigenvalue weighted by molar-refractivity contribution is -0.139. The number of aliphatic carboxylic acids is 6. The molecule has 0 aliphatic rings. The Balaban J connectivity index is -0.000000423. The molecule has 0 saturated heterocycles. The van der Waals surface area contributed by atoms with E-state index in [0.717, 1.165) is 38.5 Å². The van der Waals surface area contributed by atoms with E-state index in [0.29, 0.717) is 12.8 Å². The molecule has 0 unspecified atom stereocenters. The van der Waals surface area contributed by atoms with E-state index in [2.05, 4.69) is 0 Å². The molecular formula is C21H36O12. The first kappa shape index (κ1) is 34.4. The van der Waals surface area contributed by atoms with Gasteiger partial charge in [0, 0.05) is 38.5 Å². The Labute approximate surface area is 192 Å². The summed E-state index contributed by atoms with van der Waals surface area (Å²) in [7, 11) is 0. The van der Waals surface area contributed by atoms with E-state index in [4.69, 9.17) is 30.6 Å². The maximum Gasteiger partial charge on any atom is 0.303 e. The minimum atomic E-state index is -0.948. The molecule has 192 valence electrons. The van der Waals surface area contributed by atoms with Crippen LogP contribution in [-0.4, -0.2) is 66.5 Å². The molecule has 0 rings (SSSR count). The summed E-state index contributed by atoms with van der Waals surface area (Å²) >= 11 is 0. The molecule has 0 aromatic carbocycles. The van der Waals surface area contributed by atoms with Crippen molar-refractivity contribution >= 4 is 35.8 Å². The second-order valence-corrected chi connectivity index (χ2v) is 7.04. The fourth-order valence-corrected chi connectivity index (χ4v) is 2.20. The van der Waals surface area contributed by atoms with Crippen molar-refractivity contribution in [3.05, 3.63) is 0 Å². The molecular weight excluding hydrogens is 444 g/mol. The van der Waals surface area contributed by atoms with Crippen molar-refractivity contribution in [2.24, 2.45) is 0 Å². The Morgan fingerprint density at radius 2 is 0.424 bits per heavy atom. The summed E-state index contributed by atoms with van der Waals surface area (Å²) in [4.78, 5) is 59.7. The zero-order chi connectivity index (χ0) is 26.1. The van der Waals surface area contributed by atoms with Gasteiger partial charge in [0.2, 0.25) is 0 Å². The van der Waals surface area contributed by atoms with E-state index < -0.39 is 35.8 Å². The number of rotatable bonds is 18. The van der Waals surface area contributed by atoms with Crippen LogP contribution in [0.3, 0.4) is 0 Å². The fraction of sp³-hybridized carbons (Fsp3) is 0.714. The van der Waals surface area contributed by atoms with Gasteiger partial charge < -0.3 is 30.6 Å². The first-order chi connectivity index (χ1) is 15.4. The topological polar surface area (TPSA) is 224 Å². The van der Waals surface area contributed by atoms with Crippen LogP contribution in [0.25, 0.3) is 0 Å². The second kappa shape index (κ2) is 25.1. The van der Waals surface area contributed by atoms with E-state index in [-0.39, 0.29) is 44.9 Å². The highest BCUT2D eigenvalue weighted by Crippen LogP contribution is 2.08. The third-order valence-electron chi connectivity index (χ3n) is 3.84. The number of hydrogen-bond donors (Lipinski definition) is 6. The average Bonchev–Trinajstić information content (AvgIpc) is 2.67. The average molecular weight is 481 g/mol. The molecule has 12 heteroatoms. The van der Waals surface area contributed by atoms with Gasteiger partial charge in [-0.1, -0.05) is 25.7 Å². The van der Waals surface area contributed by atoms with Gasteiger partial charge in [-0.25, -0.2) is 0 Å². The third kappa shape index (κ3) is 47.8. The van der Waals surface area contributed by atoms with Crippen molar-refractivity contribution in [3.8, 4) is 0 Å². The minimum absolute atomic E-state index is 0.0628. The van der Waals surface area contributed by atoms with Gasteiger partial charge in [-0.05, 0) is 32.1 Å². The Hall–Kier alpha value is -3.18. The van der Waals surface area contributed by atoms with E-state index in [1.807, 2.05) is 0 Å². The first-order valence-electron chi connectivity index (χ1n) is 10.7. The first-order valence-corrected chi connectivity index (χ1v) is 10.7. The summed E-state index contributed by atoms with van der Waals surface area (Å²) in [5, 5.41) is 49.0. The lowest BCUT2D eigenvalue weighted by Crippen LogP contribution is -1.98. The van der Waals surface area contributed by atoms with Crippen LogP contribution in [0.2, 0.25) is 0 Å². The van der Waals surface area contributed by atoms with Crippen LogP contribution in [0.5, 0.6) is 0 Å². The quantitative estimate of drug-likeness (QED) is 0.155. The molecule has 6 N–H and O–H groups in total. The minimum Gasteiger partial charge on any atom is -0.481 e. The summed E-state index contributed by atoms with van der Waals surface area (Å²) in [5.41, 5.74) is 0. The van der Waals surface area contributed by atoms with Crippen LogP contribution < -0.4 is 0 Å². The summed E-state index contributed by atoms with van der Waals surface area (Å²) in [6.07, 6.45) is 6.93. The zero-order valence-electron chi connectivity index (χ0n) is 18.7. The van der Waals surface area contributed by atoms with Gasteiger partial charge in [0.1, 0.15) is 0 Å². The molecule has 33 heavy (non-hydrogen) atoms. The SMILES string of the molecule is O=C(O)CCCC(=O)O.O=C(O)CCCCC(=O)O.O=C(O)CCCCCCCCC(=O)O. The highest BCUT2D eigenvalue weighted by molar-refractivity contribution is 5.70. The van der Waals surface area contributed by atoms with E-state index in [1.54, 1.807) is 0 Å². The Morgan fingerprint density at radius 1 is 0.273 bits per heavy atom. The van der Waals surface area contributed by atoms with Crippen LogP contribution in [0.15, 0.2) is 0 Å². The normalized spacial score (nSPS) is 9.45. The van der Waals surface area contributed by atoms with Crippen LogP contribution in [0, 0.1) is 0 Å². The van der Waals surface area contributed by atoms with Crippen LogP contribution in [0.4, 0.5) is 0 Å². The van der Waals surface area contributed by atoms with Crippen LogP contribution in [0.1, 0.15) is 96.3 Å². The molecule has 0 aliphatic carbocycles. The van der Waals surface area contributed by atoms with Crippen LogP contribution >= 0.6 is 0 Å². The van der Waals surface area contributed by atoms with Gasteiger partial charge in [0.05, 0.1) is 0 Å². The lowest BCUT2D eigenvalue weighted by atomic mass is 10.1. The molecule has 0 heterocycles. The standard InChI is InChI=1S/C10H18O4.C6H10O4.C5H8O4/c11-9(12)7-5-3-1-2-4-6-8-10(13)14;7-5(8)3-1-2-4-6(9)10;6-4(7)2-1-3-5(8)9/h1-8H2,(H,11,12)(H,13,14);1-4H2,(H,7,8)(H,9,10);1-3H2,(H,6,7)(H,8,9). The smallest absolute Gasteiger partial charge is 0.303 e. The van der Waals surface area contributed by atoms with Gasteiger partial charge in [0.15, 0.2) is 0 Å². The van der Waals surface area contributed by atoms with E-state index in [9.17, 15) is 28.8 Å². The molecule has 0 fully saturated rings. The van der Waals surface area contributed by atoms with E-state index in [1.165, 1.54) is 0 Å². The van der Waals surface area contributed by atoms with Gasteiger partial charge in [-0.15, -0.1) is 0 Å². The number of carboxylic acids is 6. The molecule has 0 atom stereocenters. The Kier molecular flexibility index (Phi) is 26.2. The molecule has 0 spiro atoms. The molecule has 0 aromatic rings. The highest BCUT2D eigenvalue weighted by atomic mass is 16.4. The summed E-state index contributed by atoms with van der Waals surface area (Å²) in [5.74, 6) is -5.12. The molecule has 0 bridgehead atoms. The molecule has 0 aromatic heterocycles. The van der Waals surface area contributed by atoms with E-state index >= 15 is 0 Å². The maximum absolute atomic E-state index is 10.1. The molecule has 0 amide bonds. The largest absolute Gasteiger partial charge is 0.481 e. The summed E-state index contributed by atoms with van der Waals surface area (Å²) in [6, 6.07) is 0. The maximum atomic E-state index is 10.1. The fourth-order valence-electron chi connectivity index (χ4n) is 2.20. The Bertz CT molecular complexity index is 536. The number of unbranched alkanes of at least 4 members (excludes halogenated alkanes) is 6. The third-order valence-corrected chi connectivity index (χ3v) is 3.84. The molecule has 0 aliphatic heterocycles. The summed E-state index contributed by atoms with van der Waals surface area (Å²) in [6.45, 7) is 0. The van der Waals surface area contributed by atoms with Gasteiger partial charge in [0.25, 0.3) is 0 Å². The van der Waals surface area contributed by atoms with Crippen molar-refractivity contribution in [2.45, 2.75) is 96.3 Å². The molecule has 0 saturated carbocycles. The zero-order valence-corrected chi connectivity index (χ0v) is 18.7. The monoisotopic (exact) mass is 480 g/mol. The van der Waals surface area contributed by atoms with Gasteiger partial charge >= 0.3 is 35.8 Å². The van der Waals surface area contributed by atoms with Gasteiger partial charge in [-0.3, -0.25) is 28.8 Å². The van der Waals surface area contributed by atoms with Crippen molar-refractivity contribution in [1.82, 2.24) is 0 Å². The van der Waals surface area contributed by atoms with Crippen molar-refractivity contribution in [3.63, 3.8) is 0 Å². The Morgan fingerprint density at radius 3 is 0.636 bits per heavy atom. The lowest BCUT2D eigenvalue weighted by Gasteiger charge is -1.98. The van der Waals surface area contributed by atoms with Crippen LogP contribution in [-0.2, 0) is 28.8 Å².